The monoisotopic (exact) mass is 456 g/mol. The number of aryl methyl sites for hydroxylation is 1. The minimum atomic E-state index is -3.97. The Hall–Kier alpha value is -2.64. The van der Waals surface area contributed by atoms with Crippen LogP contribution in [-0.4, -0.2) is 38.8 Å². The third-order valence-corrected chi connectivity index (χ3v) is 7.42. The Morgan fingerprint density at radius 2 is 1.91 bits per heavy atom. The first kappa shape index (κ1) is 24.0. The molecule has 0 unspecified atom stereocenters. The average Bonchev–Trinajstić information content (AvgIpc) is 2.80. The Kier molecular flexibility index (Phi) is 8.47. The van der Waals surface area contributed by atoms with Gasteiger partial charge in [0.15, 0.2) is 0 Å². The number of hydrogen-bond donors (Lipinski definition) is 1. The van der Waals surface area contributed by atoms with Crippen molar-refractivity contribution in [3.8, 4) is 5.75 Å². The second-order valence-electron chi connectivity index (χ2n) is 8.12. The summed E-state index contributed by atoms with van der Waals surface area (Å²) in [5, 5.41) is 2.89. The molecule has 0 heterocycles. The van der Waals surface area contributed by atoms with E-state index >= 15 is 0 Å². The summed E-state index contributed by atoms with van der Waals surface area (Å²) in [6.07, 6.45) is 7.67. The van der Waals surface area contributed by atoms with Crippen molar-refractivity contribution in [1.29, 1.82) is 0 Å². The molecule has 2 aromatic rings. The molecule has 0 aromatic heterocycles. The number of ether oxygens (including phenoxy) is 1. The summed E-state index contributed by atoms with van der Waals surface area (Å²) in [4.78, 5) is 12.8. The zero-order valence-electron chi connectivity index (χ0n) is 18.8. The van der Waals surface area contributed by atoms with Gasteiger partial charge >= 0.3 is 0 Å². The predicted molar refractivity (Wildman–Crippen MR) is 126 cm³/mol. The molecule has 0 radical (unpaired) electrons. The van der Waals surface area contributed by atoms with Gasteiger partial charge < -0.3 is 10.1 Å². The number of methoxy groups -OCH3 is 1. The van der Waals surface area contributed by atoms with Crippen molar-refractivity contribution in [3.63, 3.8) is 0 Å². The molecule has 1 aliphatic rings. The number of sulfonamides is 1. The van der Waals surface area contributed by atoms with Crippen LogP contribution in [0.5, 0.6) is 5.75 Å². The molecular weight excluding hydrogens is 424 g/mol. The SMILES string of the molecule is COc1ccc(C)cc1S(=O)(=O)N(CC(=O)NCCC1=CCCCC1)Cc1ccccc1. The summed E-state index contributed by atoms with van der Waals surface area (Å²) in [6, 6.07) is 14.3. The van der Waals surface area contributed by atoms with E-state index in [1.807, 2.05) is 37.3 Å². The van der Waals surface area contributed by atoms with Crippen molar-refractivity contribution < 1.29 is 17.9 Å². The van der Waals surface area contributed by atoms with Crippen LogP contribution in [-0.2, 0) is 21.4 Å². The molecule has 1 amide bonds. The molecule has 0 fully saturated rings. The van der Waals surface area contributed by atoms with E-state index in [1.165, 1.54) is 29.8 Å². The average molecular weight is 457 g/mol. The minimum Gasteiger partial charge on any atom is -0.495 e. The molecule has 0 bridgehead atoms. The maximum atomic E-state index is 13.6. The summed E-state index contributed by atoms with van der Waals surface area (Å²) >= 11 is 0. The number of rotatable bonds is 10. The van der Waals surface area contributed by atoms with E-state index in [9.17, 15) is 13.2 Å². The number of allylic oxidation sites excluding steroid dienone is 1. The van der Waals surface area contributed by atoms with E-state index in [1.54, 1.807) is 18.2 Å². The van der Waals surface area contributed by atoms with Crippen molar-refractivity contribution in [2.45, 2.75) is 50.5 Å². The molecular formula is C25H32N2O4S. The largest absolute Gasteiger partial charge is 0.495 e. The van der Waals surface area contributed by atoms with Gasteiger partial charge in [-0.15, -0.1) is 0 Å². The van der Waals surface area contributed by atoms with Gasteiger partial charge in [-0.05, 0) is 62.3 Å². The zero-order valence-corrected chi connectivity index (χ0v) is 19.7. The highest BCUT2D eigenvalue weighted by molar-refractivity contribution is 7.89. The third kappa shape index (κ3) is 6.43. The van der Waals surface area contributed by atoms with Gasteiger partial charge in [0.25, 0.3) is 0 Å². The number of carbonyl (C=O) groups is 1. The van der Waals surface area contributed by atoms with E-state index in [0.717, 1.165) is 30.4 Å². The lowest BCUT2D eigenvalue weighted by atomic mass is 9.97. The van der Waals surface area contributed by atoms with Crippen molar-refractivity contribution in [3.05, 3.63) is 71.3 Å². The highest BCUT2D eigenvalue weighted by atomic mass is 32.2. The molecule has 0 saturated carbocycles. The van der Waals surface area contributed by atoms with Crippen LogP contribution in [0, 0.1) is 6.92 Å². The Morgan fingerprint density at radius 3 is 2.59 bits per heavy atom. The second-order valence-corrected chi connectivity index (χ2v) is 10.0. The molecule has 1 aliphatic carbocycles. The Labute approximate surface area is 191 Å². The summed E-state index contributed by atoms with van der Waals surface area (Å²) < 4.78 is 33.7. The maximum absolute atomic E-state index is 13.6. The van der Waals surface area contributed by atoms with Gasteiger partial charge in [0.05, 0.1) is 13.7 Å². The van der Waals surface area contributed by atoms with Crippen molar-refractivity contribution in [2.75, 3.05) is 20.2 Å². The van der Waals surface area contributed by atoms with Gasteiger partial charge in [-0.3, -0.25) is 4.79 Å². The van der Waals surface area contributed by atoms with Crippen LogP contribution in [0.3, 0.4) is 0 Å². The molecule has 0 saturated heterocycles. The molecule has 3 rings (SSSR count). The molecule has 172 valence electrons. The smallest absolute Gasteiger partial charge is 0.247 e. The Bertz CT molecular complexity index is 1050. The number of hydrogen-bond acceptors (Lipinski definition) is 4. The Morgan fingerprint density at radius 1 is 1.12 bits per heavy atom. The highest BCUT2D eigenvalue weighted by Gasteiger charge is 2.30. The summed E-state index contributed by atoms with van der Waals surface area (Å²) in [7, 11) is -2.53. The topological polar surface area (TPSA) is 75.7 Å². The van der Waals surface area contributed by atoms with Crippen LogP contribution in [0.1, 0.15) is 43.2 Å². The number of benzene rings is 2. The molecule has 0 atom stereocenters. The summed E-state index contributed by atoms with van der Waals surface area (Å²) in [5.41, 5.74) is 2.98. The highest BCUT2D eigenvalue weighted by Crippen LogP contribution is 2.28. The van der Waals surface area contributed by atoms with Crippen molar-refractivity contribution in [2.24, 2.45) is 0 Å². The normalized spacial score (nSPS) is 14.2. The van der Waals surface area contributed by atoms with Gasteiger partial charge in [-0.25, -0.2) is 8.42 Å². The fraction of sp³-hybridized carbons (Fsp3) is 0.400. The standard InChI is InChI=1S/C25H32N2O4S/c1-20-13-14-23(31-2)24(17-20)32(29,30)27(18-22-11-7-4-8-12-22)19-25(28)26-16-15-21-9-5-3-6-10-21/h4,7-9,11-14,17H,3,5-6,10,15-16,18-19H2,1-2H3,(H,26,28). The quantitative estimate of drug-likeness (QED) is 0.544. The number of nitrogens with zero attached hydrogens (tertiary/aromatic N) is 1. The van der Waals surface area contributed by atoms with Crippen molar-refractivity contribution in [1.82, 2.24) is 9.62 Å². The van der Waals surface area contributed by atoms with E-state index in [-0.39, 0.29) is 29.6 Å². The summed E-state index contributed by atoms with van der Waals surface area (Å²) in [6.45, 7) is 2.18. The van der Waals surface area contributed by atoms with Gasteiger partial charge in [-0.1, -0.05) is 48.0 Å². The van der Waals surface area contributed by atoms with Crippen LogP contribution in [0.2, 0.25) is 0 Å². The fourth-order valence-electron chi connectivity index (χ4n) is 3.85. The lowest BCUT2D eigenvalue weighted by molar-refractivity contribution is -0.121. The van der Waals surface area contributed by atoms with Gasteiger partial charge in [0.2, 0.25) is 15.9 Å². The number of carbonyl (C=O) groups excluding carboxylic acids is 1. The van der Waals surface area contributed by atoms with Crippen LogP contribution >= 0.6 is 0 Å². The lowest BCUT2D eigenvalue weighted by Gasteiger charge is -2.23. The Balaban J connectivity index is 1.78. The van der Waals surface area contributed by atoms with Gasteiger partial charge in [0.1, 0.15) is 10.6 Å². The summed E-state index contributed by atoms with van der Waals surface area (Å²) in [5.74, 6) is -0.0501. The molecule has 6 nitrogen and oxygen atoms in total. The molecule has 0 aliphatic heterocycles. The van der Waals surface area contributed by atoms with Crippen LogP contribution in [0.25, 0.3) is 0 Å². The predicted octanol–water partition coefficient (Wildman–Crippen LogP) is 4.20. The lowest BCUT2D eigenvalue weighted by Crippen LogP contribution is -2.40. The first-order chi connectivity index (χ1) is 15.4. The number of amides is 1. The molecule has 2 aromatic carbocycles. The maximum Gasteiger partial charge on any atom is 0.247 e. The molecule has 32 heavy (non-hydrogen) atoms. The van der Waals surface area contributed by atoms with E-state index in [0.29, 0.717) is 6.54 Å². The number of nitrogens with one attached hydrogen (secondary N) is 1. The van der Waals surface area contributed by atoms with E-state index < -0.39 is 10.0 Å². The van der Waals surface area contributed by atoms with E-state index in [2.05, 4.69) is 11.4 Å². The molecule has 7 heteroatoms. The first-order valence-corrected chi connectivity index (χ1v) is 12.5. The van der Waals surface area contributed by atoms with Crippen molar-refractivity contribution >= 4 is 15.9 Å². The van der Waals surface area contributed by atoms with Crippen LogP contribution in [0.15, 0.2) is 65.1 Å². The van der Waals surface area contributed by atoms with Crippen LogP contribution < -0.4 is 10.1 Å². The first-order valence-electron chi connectivity index (χ1n) is 11.0. The molecule has 1 N–H and O–H groups in total. The third-order valence-electron chi connectivity index (χ3n) is 5.61. The second kappa shape index (κ2) is 11.3. The fourth-order valence-corrected chi connectivity index (χ4v) is 5.47. The van der Waals surface area contributed by atoms with Gasteiger partial charge in [-0.2, -0.15) is 4.31 Å². The van der Waals surface area contributed by atoms with E-state index in [4.69, 9.17) is 4.74 Å². The molecule has 0 spiro atoms. The van der Waals surface area contributed by atoms with Gasteiger partial charge in [0, 0.05) is 13.1 Å². The zero-order chi connectivity index (χ0) is 23.0. The minimum absolute atomic E-state index is 0.0658. The van der Waals surface area contributed by atoms with Crippen LogP contribution in [0.4, 0.5) is 0 Å².